The number of carbonyl (C=O) groups is 1. The van der Waals surface area contributed by atoms with Crippen molar-refractivity contribution in [2.24, 2.45) is 11.0 Å². The molecule has 1 N–H and O–H groups in total. The minimum Gasteiger partial charge on any atom is -0.272 e. The van der Waals surface area contributed by atoms with Gasteiger partial charge in [-0.2, -0.15) is 9.41 Å². The quantitative estimate of drug-likeness (QED) is 0.879. The first-order chi connectivity index (χ1) is 11.0. The van der Waals surface area contributed by atoms with E-state index in [0.717, 1.165) is 18.6 Å². The maximum atomic E-state index is 13.1. The molecule has 3 aliphatic heterocycles. The van der Waals surface area contributed by atoms with Gasteiger partial charge in [0, 0.05) is 23.5 Å². The molecule has 2 saturated heterocycles. The fraction of sp³-hybridized carbons (Fsp3) is 0.467. The molecule has 1 amide bonds. The van der Waals surface area contributed by atoms with Gasteiger partial charge >= 0.3 is 0 Å². The molecule has 0 aliphatic carbocycles. The van der Waals surface area contributed by atoms with E-state index >= 15 is 0 Å². The number of hydrogen-bond acceptors (Lipinski definition) is 4. The Kier molecular flexibility index (Phi) is 3.48. The van der Waals surface area contributed by atoms with Crippen LogP contribution >= 0.6 is 11.6 Å². The van der Waals surface area contributed by atoms with E-state index in [2.05, 4.69) is 10.5 Å². The van der Waals surface area contributed by atoms with Crippen LogP contribution in [0, 0.1) is 5.92 Å². The van der Waals surface area contributed by atoms with Gasteiger partial charge in [0.25, 0.3) is 5.91 Å². The largest absolute Gasteiger partial charge is 0.272 e. The van der Waals surface area contributed by atoms with E-state index in [4.69, 9.17) is 11.6 Å². The van der Waals surface area contributed by atoms with Crippen LogP contribution in [0.4, 0.5) is 0 Å². The Morgan fingerprint density at radius 2 is 1.96 bits per heavy atom. The van der Waals surface area contributed by atoms with E-state index in [-0.39, 0.29) is 22.9 Å². The first-order valence-corrected chi connectivity index (χ1v) is 9.46. The SMILES string of the molecule is O=C1NN=C2CC3CCCC(C12)N3S(=O)(=O)c1ccc(Cl)cc1. The molecule has 0 radical (unpaired) electrons. The molecule has 23 heavy (non-hydrogen) atoms. The summed E-state index contributed by atoms with van der Waals surface area (Å²) in [6, 6.07) is 5.71. The average molecular weight is 354 g/mol. The van der Waals surface area contributed by atoms with Crippen LogP contribution in [0.25, 0.3) is 0 Å². The van der Waals surface area contributed by atoms with E-state index in [0.29, 0.717) is 17.9 Å². The lowest BCUT2D eigenvalue weighted by molar-refractivity contribution is -0.124. The molecule has 3 unspecified atom stereocenters. The van der Waals surface area contributed by atoms with Crippen LogP contribution in [0.1, 0.15) is 25.7 Å². The predicted molar refractivity (Wildman–Crippen MR) is 85.6 cm³/mol. The topological polar surface area (TPSA) is 78.8 Å². The Hall–Kier alpha value is -1.44. The highest BCUT2D eigenvalue weighted by molar-refractivity contribution is 7.89. The van der Waals surface area contributed by atoms with Crippen molar-refractivity contribution in [3.05, 3.63) is 29.3 Å². The van der Waals surface area contributed by atoms with Gasteiger partial charge in [0.15, 0.2) is 0 Å². The molecule has 0 saturated carbocycles. The molecule has 122 valence electrons. The second-order valence-electron chi connectivity index (χ2n) is 6.20. The Labute approximate surface area is 139 Å². The van der Waals surface area contributed by atoms with Gasteiger partial charge in [0.2, 0.25) is 10.0 Å². The van der Waals surface area contributed by atoms with Gasteiger partial charge in [-0.25, -0.2) is 13.8 Å². The third kappa shape index (κ3) is 2.29. The molecule has 2 fully saturated rings. The summed E-state index contributed by atoms with van der Waals surface area (Å²) in [5.74, 6) is -0.643. The number of nitrogens with zero attached hydrogens (tertiary/aromatic N) is 2. The van der Waals surface area contributed by atoms with Crippen molar-refractivity contribution >= 4 is 33.2 Å². The van der Waals surface area contributed by atoms with Crippen LogP contribution in [0.3, 0.4) is 0 Å². The van der Waals surface area contributed by atoms with Gasteiger partial charge in [0.1, 0.15) is 0 Å². The molecule has 4 rings (SSSR count). The maximum absolute atomic E-state index is 13.1. The Morgan fingerprint density at radius 1 is 1.22 bits per heavy atom. The average Bonchev–Trinajstić information content (AvgIpc) is 2.88. The second-order valence-corrected chi connectivity index (χ2v) is 8.48. The molecule has 3 atom stereocenters. The molecule has 0 aromatic heterocycles. The van der Waals surface area contributed by atoms with Gasteiger partial charge < -0.3 is 0 Å². The van der Waals surface area contributed by atoms with Gasteiger partial charge in [-0.05, 0) is 37.1 Å². The lowest BCUT2D eigenvalue weighted by Crippen LogP contribution is -2.60. The van der Waals surface area contributed by atoms with Crippen molar-refractivity contribution in [1.82, 2.24) is 9.73 Å². The van der Waals surface area contributed by atoms with E-state index in [1.54, 1.807) is 16.4 Å². The first kappa shape index (κ1) is 15.1. The van der Waals surface area contributed by atoms with Crippen LogP contribution in [0.2, 0.25) is 5.02 Å². The third-order valence-electron chi connectivity index (χ3n) is 4.89. The number of piperidine rings is 2. The van der Waals surface area contributed by atoms with Gasteiger partial charge in [-0.1, -0.05) is 18.0 Å². The van der Waals surface area contributed by atoms with Crippen molar-refractivity contribution in [3.8, 4) is 0 Å². The number of amides is 1. The predicted octanol–water partition coefficient (Wildman–Crippen LogP) is 1.76. The van der Waals surface area contributed by atoms with Crippen LogP contribution in [0.5, 0.6) is 0 Å². The molecule has 0 spiro atoms. The number of hydrogen-bond donors (Lipinski definition) is 1. The lowest BCUT2D eigenvalue weighted by atomic mass is 9.78. The molecule has 3 heterocycles. The second kappa shape index (κ2) is 5.29. The fourth-order valence-corrected chi connectivity index (χ4v) is 5.93. The Bertz CT molecular complexity index is 791. The van der Waals surface area contributed by atoms with Gasteiger partial charge in [0.05, 0.1) is 16.5 Å². The summed E-state index contributed by atoms with van der Waals surface area (Å²) in [6.45, 7) is 0. The molecule has 1 aromatic carbocycles. The van der Waals surface area contributed by atoms with Crippen molar-refractivity contribution < 1.29 is 13.2 Å². The molecule has 2 bridgehead atoms. The number of fused-ring (bicyclic) bond motifs is 4. The number of halogens is 1. The summed E-state index contributed by atoms with van der Waals surface area (Å²) in [5, 5.41) is 4.59. The molecule has 6 nitrogen and oxygen atoms in total. The summed E-state index contributed by atoms with van der Waals surface area (Å²) in [5.41, 5.74) is 3.30. The van der Waals surface area contributed by atoms with Crippen molar-refractivity contribution in [1.29, 1.82) is 0 Å². The summed E-state index contributed by atoms with van der Waals surface area (Å²) >= 11 is 5.86. The lowest BCUT2D eigenvalue weighted by Gasteiger charge is -2.46. The molecular weight excluding hydrogens is 338 g/mol. The number of nitrogens with one attached hydrogen (secondary N) is 1. The molecule has 8 heteroatoms. The summed E-state index contributed by atoms with van der Waals surface area (Å²) in [6.07, 6.45) is 2.93. The molecule has 3 aliphatic rings. The van der Waals surface area contributed by atoms with Crippen molar-refractivity contribution in [2.45, 2.75) is 42.7 Å². The fourth-order valence-electron chi connectivity index (χ4n) is 3.92. The zero-order valence-corrected chi connectivity index (χ0v) is 13.8. The third-order valence-corrected chi connectivity index (χ3v) is 7.14. The highest BCUT2D eigenvalue weighted by Gasteiger charge is 2.52. The number of sulfonamides is 1. The number of rotatable bonds is 2. The van der Waals surface area contributed by atoms with E-state index in [1.165, 1.54) is 12.1 Å². The number of benzene rings is 1. The zero-order valence-electron chi connectivity index (χ0n) is 12.3. The monoisotopic (exact) mass is 353 g/mol. The molecular formula is C15H16ClN3O3S. The summed E-state index contributed by atoms with van der Waals surface area (Å²) in [4.78, 5) is 12.3. The standard InChI is InChI=1S/C15H16ClN3O3S/c16-9-4-6-11(7-5-9)23(21,22)19-10-2-1-3-13(19)14-12(8-10)17-18-15(14)20/h4-7,10,13-14H,1-3,8H2,(H,18,20). The van der Waals surface area contributed by atoms with Crippen molar-refractivity contribution in [2.75, 3.05) is 0 Å². The Morgan fingerprint density at radius 3 is 2.70 bits per heavy atom. The summed E-state index contributed by atoms with van der Waals surface area (Å²) < 4.78 is 27.8. The smallest absolute Gasteiger partial charge is 0.250 e. The van der Waals surface area contributed by atoms with Gasteiger partial charge in [-0.3, -0.25) is 4.79 Å². The normalized spacial score (nSPS) is 30.6. The van der Waals surface area contributed by atoms with Crippen LogP contribution in [-0.4, -0.2) is 36.4 Å². The van der Waals surface area contributed by atoms with Crippen LogP contribution < -0.4 is 5.43 Å². The number of carbonyl (C=O) groups excluding carboxylic acids is 1. The number of hydrazone groups is 1. The first-order valence-electron chi connectivity index (χ1n) is 7.64. The van der Waals surface area contributed by atoms with Gasteiger partial charge in [-0.15, -0.1) is 0 Å². The van der Waals surface area contributed by atoms with Crippen molar-refractivity contribution in [3.63, 3.8) is 0 Å². The minimum absolute atomic E-state index is 0.128. The van der Waals surface area contributed by atoms with E-state index in [9.17, 15) is 13.2 Å². The minimum atomic E-state index is -3.66. The van der Waals surface area contributed by atoms with E-state index in [1.807, 2.05) is 0 Å². The highest BCUT2D eigenvalue weighted by atomic mass is 35.5. The highest BCUT2D eigenvalue weighted by Crippen LogP contribution is 2.41. The summed E-state index contributed by atoms with van der Waals surface area (Å²) in [7, 11) is -3.66. The maximum Gasteiger partial charge on any atom is 0.250 e. The molecule has 1 aromatic rings. The Balaban J connectivity index is 1.77. The van der Waals surface area contributed by atoms with Crippen LogP contribution in [-0.2, 0) is 14.8 Å². The zero-order chi connectivity index (χ0) is 16.2. The van der Waals surface area contributed by atoms with Crippen LogP contribution in [0.15, 0.2) is 34.3 Å². The van der Waals surface area contributed by atoms with E-state index < -0.39 is 15.9 Å².